The molecular weight excluding hydrogens is 258 g/mol. The van der Waals surface area contributed by atoms with E-state index in [0.717, 1.165) is 11.5 Å². The summed E-state index contributed by atoms with van der Waals surface area (Å²) in [5.41, 5.74) is 1.02. The molecule has 2 atom stereocenters. The molecule has 0 aliphatic carbocycles. The molecule has 1 aliphatic heterocycles. The Bertz CT molecular complexity index is 592. The fourth-order valence-corrected chi connectivity index (χ4v) is 2.70. The van der Waals surface area contributed by atoms with E-state index in [4.69, 9.17) is 4.52 Å². The van der Waals surface area contributed by atoms with Gasteiger partial charge in [0.05, 0.1) is 24.5 Å². The zero-order valence-electron chi connectivity index (χ0n) is 11.5. The molecule has 0 bridgehead atoms. The lowest BCUT2D eigenvalue weighted by Crippen LogP contribution is -2.35. The van der Waals surface area contributed by atoms with Crippen LogP contribution in [0.2, 0.25) is 0 Å². The number of aromatic nitrogens is 3. The van der Waals surface area contributed by atoms with Crippen LogP contribution in [-0.4, -0.2) is 38.8 Å². The fourth-order valence-electron chi connectivity index (χ4n) is 2.70. The lowest BCUT2D eigenvalue weighted by Gasteiger charge is -2.25. The highest BCUT2D eigenvalue weighted by Crippen LogP contribution is 2.31. The zero-order chi connectivity index (χ0) is 14.1. The van der Waals surface area contributed by atoms with Crippen molar-refractivity contribution in [2.45, 2.75) is 25.0 Å². The van der Waals surface area contributed by atoms with E-state index >= 15 is 0 Å². The third-order valence-corrected chi connectivity index (χ3v) is 3.78. The Kier molecular flexibility index (Phi) is 3.27. The minimum atomic E-state index is -0.0158. The van der Waals surface area contributed by atoms with E-state index < -0.39 is 0 Å². The van der Waals surface area contributed by atoms with Crippen LogP contribution < -0.4 is 5.32 Å². The summed E-state index contributed by atoms with van der Waals surface area (Å²) in [5, 5.41) is 11.2. The average molecular weight is 275 g/mol. The molecule has 1 aliphatic rings. The van der Waals surface area contributed by atoms with Crippen molar-refractivity contribution in [1.82, 2.24) is 25.2 Å². The van der Waals surface area contributed by atoms with Crippen LogP contribution >= 0.6 is 0 Å². The summed E-state index contributed by atoms with van der Waals surface area (Å²) in [7, 11) is 3.72. The van der Waals surface area contributed by atoms with Gasteiger partial charge in [0.1, 0.15) is 5.76 Å². The standard InChI is InChI=1S/C13H17N5O2/c1-17-12(19)7-10(14-8-9-3-6-16-20-9)13(17)11-4-5-15-18(11)2/h3-6,10,13-14H,7-8H2,1-2H3/t10-,13-/m1/s1. The first kappa shape index (κ1) is 12.9. The van der Waals surface area contributed by atoms with E-state index in [1.54, 1.807) is 17.3 Å². The predicted octanol–water partition coefficient (Wildman–Crippen LogP) is 0.470. The fraction of sp³-hybridized carbons (Fsp3) is 0.462. The molecule has 7 nitrogen and oxygen atoms in total. The van der Waals surface area contributed by atoms with Gasteiger partial charge in [-0.15, -0.1) is 0 Å². The van der Waals surface area contributed by atoms with Gasteiger partial charge in [-0.1, -0.05) is 5.16 Å². The van der Waals surface area contributed by atoms with Crippen molar-refractivity contribution in [3.05, 3.63) is 36.0 Å². The first-order valence-electron chi connectivity index (χ1n) is 6.53. The molecule has 0 unspecified atom stereocenters. The van der Waals surface area contributed by atoms with Gasteiger partial charge in [-0.2, -0.15) is 5.10 Å². The predicted molar refractivity (Wildman–Crippen MR) is 70.5 cm³/mol. The molecule has 2 aromatic rings. The van der Waals surface area contributed by atoms with Gasteiger partial charge in [-0.3, -0.25) is 9.48 Å². The van der Waals surface area contributed by atoms with E-state index in [9.17, 15) is 4.79 Å². The van der Waals surface area contributed by atoms with Gasteiger partial charge >= 0.3 is 0 Å². The van der Waals surface area contributed by atoms with E-state index in [0.29, 0.717) is 13.0 Å². The van der Waals surface area contributed by atoms with Crippen LogP contribution in [0.25, 0.3) is 0 Å². The number of likely N-dealkylation sites (N-methyl/N-ethyl adjacent to an activating group) is 1. The van der Waals surface area contributed by atoms with E-state index in [2.05, 4.69) is 15.6 Å². The maximum absolute atomic E-state index is 12.0. The highest BCUT2D eigenvalue weighted by atomic mass is 16.5. The van der Waals surface area contributed by atoms with Gasteiger partial charge in [0.2, 0.25) is 5.91 Å². The third kappa shape index (κ3) is 2.20. The minimum absolute atomic E-state index is 0.0158. The first-order valence-corrected chi connectivity index (χ1v) is 6.53. The van der Waals surface area contributed by atoms with Gasteiger partial charge in [0.25, 0.3) is 0 Å². The maximum atomic E-state index is 12.0. The Morgan fingerprint density at radius 2 is 2.25 bits per heavy atom. The molecule has 106 valence electrons. The number of hydrogen-bond acceptors (Lipinski definition) is 5. The van der Waals surface area contributed by atoms with Crippen LogP contribution in [0, 0.1) is 0 Å². The smallest absolute Gasteiger partial charge is 0.224 e. The number of rotatable bonds is 4. The molecule has 3 heterocycles. The number of nitrogens with one attached hydrogen (secondary N) is 1. The number of hydrogen-bond donors (Lipinski definition) is 1. The third-order valence-electron chi connectivity index (χ3n) is 3.78. The van der Waals surface area contributed by atoms with Gasteiger partial charge in [-0.25, -0.2) is 0 Å². The summed E-state index contributed by atoms with van der Waals surface area (Å²) in [5.74, 6) is 0.891. The molecule has 1 fully saturated rings. The van der Waals surface area contributed by atoms with Crippen molar-refractivity contribution < 1.29 is 9.32 Å². The normalized spacial score (nSPS) is 22.7. The molecule has 20 heavy (non-hydrogen) atoms. The van der Waals surface area contributed by atoms with Gasteiger partial charge in [0, 0.05) is 38.8 Å². The quantitative estimate of drug-likeness (QED) is 0.877. The van der Waals surface area contributed by atoms with Crippen LogP contribution in [0.1, 0.15) is 23.9 Å². The lowest BCUT2D eigenvalue weighted by atomic mass is 10.1. The Morgan fingerprint density at radius 1 is 1.40 bits per heavy atom. The highest BCUT2D eigenvalue weighted by Gasteiger charge is 2.39. The highest BCUT2D eigenvalue weighted by molar-refractivity contribution is 5.80. The monoisotopic (exact) mass is 275 g/mol. The number of nitrogens with zero attached hydrogens (tertiary/aromatic N) is 4. The Balaban J connectivity index is 1.78. The zero-order valence-corrected chi connectivity index (χ0v) is 11.5. The number of aryl methyl sites for hydroxylation is 1. The summed E-state index contributed by atoms with van der Waals surface area (Å²) in [4.78, 5) is 13.8. The number of carbonyl (C=O) groups is 1. The molecule has 0 aromatic carbocycles. The summed E-state index contributed by atoms with van der Waals surface area (Å²) < 4.78 is 6.88. The number of likely N-dealkylation sites (tertiary alicyclic amines) is 1. The van der Waals surface area contributed by atoms with Gasteiger partial charge in [0.15, 0.2) is 0 Å². The summed E-state index contributed by atoms with van der Waals surface area (Å²) in [6.07, 6.45) is 3.83. The van der Waals surface area contributed by atoms with Crippen LogP contribution in [0.3, 0.4) is 0 Å². The minimum Gasteiger partial charge on any atom is -0.360 e. The van der Waals surface area contributed by atoms with Crippen LogP contribution in [0.15, 0.2) is 29.0 Å². The second kappa shape index (κ2) is 5.09. The topological polar surface area (TPSA) is 76.2 Å². The molecule has 0 radical (unpaired) electrons. The number of carbonyl (C=O) groups excluding carboxylic acids is 1. The largest absolute Gasteiger partial charge is 0.360 e. The van der Waals surface area contributed by atoms with E-state index in [-0.39, 0.29) is 18.0 Å². The van der Waals surface area contributed by atoms with Crippen LogP contribution in [0.4, 0.5) is 0 Å². The van der Waals surface area contributed by atoms with Crippen LogP contribution in [0.5, 0.6) is 0 Å². The van der Waals surface area contributed by atoms with Crippen molar-refractivity contribution in [3.8, 4) is 0 Å². The molecule has 1 N–H and O–H groups in total. The Hall–Kier alpha value is -2.15. The van der Waals surface area contributed by atoms with Crippen molar-refractivity contribution in [3.63, 3.8) is 0 Å². The molecule has 1 amide bonds. The first-order chi connectivity index (χ1) is 9.66. The molecule has 1 saturated heterocycles. The summed E-state index contributed by atoms with van der Waals surface area (Å²) in [6.45, 7) is 0.556. The second-order valence-electron chi connectivity index (χ2n) is 5.00. The Morgan fingerprint density at radius 3 is 2.90 bits per heavy atom. The van der Waals surface area contributed by atoms with E-state index in [1.165, 1.54) is 0 Å². The molecule has 3 rings (SSSR count). The second-order valence-corrected chi connectivity index (χ2v) is 5.00. The summed E-state index contributed by atoms with van der Waals surface area (Å²) >= 11 is 0. The van der Waals surface area contributed by atoms with Gasteiger partial charge in [-0.05, 0) is 6.07 Å². The molecular formula is C13H17N5O2. The van der Waals surface area contributed by atoms with Crippen molar-refractivity contribution in [2.24, 2.45) is 7.05 Å². The van der Waals surface area contributed by atoms with E-state index in [1.807, 2.05) is 30.9 Å². The lowest BCUT2D eigenvalue weighted by molar-refractivity contribution is -0.127. The molecule has 7 heteroatoms. The van der Waals surface area contributed by atoms with Gasteiger partial charge < -0.3 is 14.7 Å². The van der Waals surface area contributed by atoms with Crippen LogP contribution in [-0.2, 0) is 18.4 Å². The molecule has 0 spiro atoms. The number of amides is 1. The summed E-state index contributed by atoms with van der Waals surface area (Å²) in [6, 6.07) is 3.78. The SMILES string of the molecule is CN1C(=O)C[C@@H](NCc2ccno2)[C@@H]1c1ccnn1C. The average Bonchev–Trinajstić information content (AvgIpc) is 3.12. The molecule has 0 saturated carbocycles. The van der Waals surface area contributed by atoms with Crippen molar-refractivity contribution in [1.29, 1.82) is 0 Å². The Labute approximate surface area is 116 Å². The molecule has 2 aromatic heterocycles. The van der Waals surface area contributed by atoms with Crippen molar-refractivity contribution >= 4 is 5.91 Å². The van der Waals surface area contributed by atoms with Crippen molar-refractivity contribution in [2.75, 3.05) is 7.05 Å². The maximum Gasteiger partial charge on any atom is 0.224 e.